The summed E-state index contributed by atoms with van der Waals surface area (Å²) in [6.45, 7) is 3.68. The molecule has 6 nitrogen and oxygen atoms in total. The smallest absolute Gasteiger partial charge is 0.207 e. The molecule has 1 aromatic rings. The van der Waals surface area contributed by atoms with E-state index in [0.717, 1.165) is 0 Å². The zero-order valence-corrected chi connectivity index (χ0v) is 12.9. The summed E-state index contributed by atoms with van der Waals surface area (Å²) >= 11 is 0. The fraction of sp³-hybridized carbons (Fsp3) is 0.353. The minimum absolute atomic E-state index is 0.152. The lowest BCUT2D eigenvalue weighted by molar-refractivity contribution is -0.0793. The first-order valence-electron chi connectivity index (χ1n) is 6.97. The van der Waals surface area contributed by atoms with Gasteiger partial charge in [0.1, 0.15) is 23.8 Å². The van der Waals surface area contributed by atoms with E-state index in [4.69, 9.17) is 21.7 Å². The lowest BCUT2D eigenvalue weighted by Gasteiger charge is -2.45. The van der Waals surface area contributed by atoms with Gasteiger partial charge in [-0.15, -0.1) is 6.42 Å². The Morgan fingerprint density at radius 1 is 1.48 bits per heavy atom. The van der Waals surface area contributed by atoms with E-state index in [1.807, 2.05) is 0 Å². The molecule has 0 aromatic heterocycles. The number of aliphatic imine (C=N–C) groups is 1. The highest BCUT2D eigenvalue weighted by atomic mass is 16.5. The van der Waals surface area contributed by atoms with Crippen molar-refractivity contribution in [1.82, 2.24) is 4.90 Å². The van der Waals surface area contributed by atoms with Gasteiger partial charge in [-0.05, 0) is 32.0 Å². The summed E-state index contributed by atoms with van der Waals surface area (Å²) in [7, 11) is 0. The number of aliphatic hydroxyl groups excluding tert-OH is 1. The maximum Gasteiger partial charge on any atom is 0.207 e. The van der Waals surface area contributed by atoms with E-state index in [9.17, 15) is 5.11 Å². The number of benzene rings is 1. The van der Waals surface area contributed by atoms with Gasteiger partial charge in [-0.2, -0.15) is 15.5 Å². The molecule has 1 aliphatic rings. The van der Waals surface area contributed by atoms with E-state index in [1.54, 1.807) is 43.1 Å². The molecule has 2 atom stereocenters. The third kappa shape index (κ3) is 3.11. The summed E-state index contributed by atoms with van der Waals surface area (Å²) in [6, 6.07) is 6.50. The van der Waals surface area contributed by atoms with E-state index in [-0.39, 0.29) is 6.54 Å². The van der Waals surface area contributed by atoms with Crippen molar-refractivity contribution in [1.29, 1.82) is 10.5 Å². The Labute approximate surface area is 135 Å². The van der Waals surface area contributed by atoms with Crippen LogP contribution in [0, 0.1) is 35.1 Å². The van der Waals surface area contributed by atoms with E-state index < -0.39 is 17.7 Å². The van der Waals surface area contributed by atoms with Crippen LogP contribution in [0.25, 0.3) is 0 Å². The minimum atomic E-state index is -0.928. The molecule has 0 saturated heterocycles. The van der Waals surface area contributed by atoms with Gasteiger partial charge in [0.15, 0.2) is 0 Å². The average molecular weight is 308 g/mol. The predicted octanol–water partition coefficient (Wildman–Crippen LogP) is 1.58. The molecule has 6 heteroatoms. The van der Waals surface area contributed by atoms with Crippen LogP contribution in [0.2, 0.25) is 0 Å². The van der Waals surface area contributed by atoms with E-state index >= 15 is 0 Å². The number of fused-ring (bicyclic) bond motifs is 1. The Morgan fingerprint density at radius 3 is 2.83 bits per heavy atom. The van der Waals surface area contributed by atoms with E-state index in [0.29, 0.717) is 16.9 Å². The quantitative estimate of drug-likeness (QED) is 0.396. The zero-order valence-electron chi connectivity index (χ0n) is 12.9. The molecule has 1 aliphatic heterocycles. The number of aliphatic hydroxyl groups is 1. The van der Waals surface area contributed by atoms with Gasteiger partial charge in [0.2, 0.25) is 6.19 Å². The fourth-order valence-corrected chi connectivity index (χ4v) is 2.61. The summed E-state index contributed by atoms with van der Waals surface area (Å²) in [5.41, 5.74) is 0.219. The van der Waals surface area contributed by atoms with Crippen molar-refractivity contribution in [2.45, 2.75) is 31.6 Å². The predicted molar refractivity (Wildman–Crippen MR) is 84.3 cm³/mol. The van der Waals surface area contributed by atoms with Crippen LogP contribution in [-0.2, 0) is 0 Å². The van der Waals surface area contributed by atoms with Crippen LogP contribution in [0.3, 0.4) is 0 Å². The number of nitrogens with zero attached hydrogens (tertiary/aromatic N) is 4. The fourth-order valence-electron chi connectivity index (χ4n) is 2.61. The summed E-state index contributed by atoms with van der Waals surface area (Å²) in [5.74, 6) is 3.06. The molecule has 0 spiro atoms. The SMILES string of the molecule is C#CCN(C=NC#N)C1c2cc(C#N)ccc2OC(C)(C)C1O. The van der Waals surface area contributed by atoms with Gasteiger partial charge < -0.3 is 14.7 Å². The van der Waals surface area contributed by atoms with Gasteiger partial charge in [0.05, 0.1) is 24.2 Å². The first-order chi connectivity index (χ1) is 10.9. The van der Waals surface area contributed by atoms with Crippen LogP contribution in [0.15, 0.2) is 23.2 Å². The van der Waals surface area contributed by atoms with Gasteiger partial charge in [-0.1, -0.05) is 5.92 Å². The first-order valence-corrected chi connectivity index (χ1v) is 6.97. The topological polar surface area (TPSA) is 92.6 Å². The van der Waals surface area contributed by atoms with E-state index in [2.05, 4.69) is 17.0 Å². The van der Waals surface area contributed by atoms with Gasteiger partial charge in [-0.3, -0.25) is 0 Å². The third-order valence-corrected chi connectivity index (χ3v) is 3.74. The van der Waals surface area contributed by atoms with Crippen LogP contribution in [0.5, 0.6) is 5.75 Å². The number of nitriles is 2. The monoisotopic (exact) mass is 308 g/mol. The van der Waals surface area contributed by atoms with Crippen molar-refractivity contribution in [3.05, 3.63) is 29.3 Å². The summed E-state index contributed by atoms with van der Waals surface area (Å²) in [5, 5.41) is 28.5. The van der Waals surface area contributed by atoms with E-state index in [1.165, 1.54) is 6.34 Å². The third-order valence-electron chi connectivity index (χ3n) is 3.74. The van der Waals surface area contributed by atoms with Crippen LogP contribution in [0.1, 0.15) is 31.0 Å². The van der Waals surface area contributed by atoms with Crippen molar-refractivity contribution < 1.29 is 9.84 Å². The van der Waals surface area contributed by atoms with Crippen LogP contribution < -0.4 is 4.74 Å². The second-order valence-corrected chi connectivity index (χ2v) is 5.68. The van der Waals surface area contributed by atoms with Gasteiger partial charge in [0, 0.05) is 5.56 Å². The highest BCUT2D eigenvalue weighted by Gasteiger charge is 2.45. The number of hydrogen-bond donors (Lipinski definition) is 1. The molecule has 2 rings (SSSR count). The molecule has 0 aliphatic carbocycles. The maximum atomic E-state index is 10.7. The molecule has 1 aromatic carbocycles. The van der Waals surface area contributed by atoms with Crippen molar-refractivity contribution in [3.8, 4) is 30.4 Å². The second kappa shape index (κ2) is 6.40. The lowest BCUT2D eigenvalue weighted by Crippen LogP contribution is -2.53. The number of hydrogen-bond acceptors (Lipinski definition) is 5. The molecular formula is C17H16N4O2. The molecular weight excluding hydrogens is 292 g/mol. The molecule has 23 heavy (non-hydrogen) atoms. The first kappa shape index (κ1) is 16.4. The molecule has 1 N–H and O–H groups in total. The zero-order chi connectivity index (χ0) is 17.0. The highest BCUT2D eigenvalue weighted by Crippen LogP contribution is 2.42. The maximum absolute atomic E-state index is 10.7. The van der Waals surface area contributed by atoms with Crippen LogP contribution >= 0.6 is 0 Å². The Bertz CT molecular complexity index is 749. The van der Waals surface area contributed by atoms with Gasteiger partial charge in [0.25, 0.3) is 0 Å². The molecule has 116 valence electrons. The molecule has 0 fully saturated rings. The number of terminal acetylenes is 1. The highest BCUT2D eigenvalue weighted by molar-refractivity contribution is 5.60. The van der Waals surface area contributed by atoms with Crippen molar-refractivity contribution in [2.24, 2.45) is 4.99 Å². The second-order valence-electron chi connectivity index (χ2n) is 5.68. The minimum Gasteiger partial charge on any atom is -0.485 e. The average Bonchev–Trinajstić information content (AvgIpc) is 2.52. The summed E-state index contributed by atoms with van der Waals surface area (Å²) < 4.78 is 5.85. The lowest BCUT2D eigenvalue weighted by atomic mass is 9.85. The Hall–Kier alpha value is -3.01. The molecule has 0 bridgehead atoms. The van der Waals surface area contributed by atoms with Crippen molar-refractivity contribution in [2.75, 3.05) is 6.54 Å². The van der Waals surface area contributed by atoms with Crippen LogP contribution in [-0.4, -0.2) is 34.6 Å². The summed E-state index contributed by atoms with van der Waals surface area (Å²) in [6.07, 6.45) is 7.44. The molecule has 1 heterocycles. The Balaban J connectivity index is 2.60. The molecule has 0 radical (unpaired) electrons. The molecule has 0 saturated carbocycles. The van der Waals surface area contributed by atoms with Gasteiger partial charge in [-0.25, -0.2) is 0 Å². The van der Waals surface area contributed by atoms with Crippen LogP contribution in [0.4, 0.5) is 0 Å². The normalized spacial score (nSPS) is 21.4. The summed E-state index contributed by atoms with van der Waals surface area (Å²) in [4.78, 5) is 5.15. The largest absolute Gasteiger partial charge is 0.485 e. The van der Waals surface area contributed by atoms with Crippen molar-refractivity contribution >= 4 is 6.34 Å². The molecule has 0 amide bonds. The Kier molecular flexibility index (Phi) is 4.55. The Morgan fingerprint density at radius 2 is 2.22 bits per heavy atom. The number of ether oxygens (including phenoxy) is 1. The molecule has 2 unspecified atom stereocenters. The van der Waals surface area contributed by atoms with Gasteiger partial charge >= 0.3 is 0 Å². The standard InChI is InChI=1S/C17H16N4O2/c1-4-7-21(11-20-10-19)15-13-8-12(9-18)5-6-14(13)23-17(2,3)16(15)22/h1,5-6,8,11,15-16,22H,7H2,2-3H3. The van der Waals surface area contributed by atoms with Crippen molar-refractivity contribution in [3.63, 3.8) is 0 Å². The number of rotatable bonds is 3.